The standard InChI is InChI=1S/C17H24O4/c18-12(19)2-1-3-14(4-5-14)16(8-9-16)17(10-11-17)15(6-7-15)13(20)21/h1-11H2,(H,18,19)(H,20,21). The highest BCUT2D eigenvalue weighted by molar-refractivity contribution is 5.80. The molecule has 0 amide bonds. The van der Waals surface area contributed by atoms with E-state index in [0.29, 0.717) is 5.41 Å². The molecular weight excluding hydrogens is 268 g/mol. The molecule has 4 rings (SSSR count). The first kappa shape index (κ1) is 13.6. The van der Waals surface area contributed by atoms with Gasteiger partial charge in [-0.15, -0.1) is 0 Å². The molecule has 0 heterocycles. The van der Waals surface area contributed by atoms with Crippen LogP contribution in [0.15, 0.2) is 0 Å². The second-order valence-electron chi connectivity index (χ2n) is 8.08. The van der Waals surface area contributed by atoms with Crippen molar-refractivity contribution >= 4 is 11.9 Å². The zero-order valence-corrected chi connectivity index (χ0v) is 12.5. The highest BCUT2D eigenvalue weighted by atomic mass is 16.4. The van der Waals surface area contributed by atoms with E-state index < -0.39 is 17.4 Å². The zero-order chi connectivity index (χ0) is 14.9. The normalized spacial score (nSPS) is 31.2. The van der Waals surface area contributed by atoms with Gasteiger partial charge in [-0.3, -0.25) is 9.59 Å². The van der Waals surface area contributed by atoms with Crippen molar-refractivity contribution in [2.45, 2.75) is 70.6 Å². The number of carboxylic acid groups (broad SMARTS) is 2. The number of carbonyl (C=O) groups is 2. The van der Waals surface area contributed by atoms with Gasteiger partial charge in [0.15, 0.2) is 0 Å². The van der Waals surface area contributed by atoms with E-state index in [1.54, 1.807) is 0 Å². The maximum atomic E-state index is 11.8. The summed E-state index contributed by atoms with van der Waals surface area (Å²) in [6.45, 7) is 0. The Hall–Kier alpha value is -1.06. The molecule has 0 atom stereocenters. The Balaban J connectivity index is 1.55. The lowest BCUT2D eigenvalue weighted by Crippen LogP contribution is -2.39. The fraction of sp³-hybridized carbons (Fsp3) is 0.882. The van der Waals surface area contributed by atoms with Crippen LogP contribution in [0.4, 0.5) is 0 Å². The fourth-order valence-electron chi connectivity index (χ4n) is 5.90. The van der Waals surface area contributed by atoms with Crippen LogP contribution in [0.5, 0.6) is 0 Å². The minimum absolute atomic E-state index is 0.0750. The minimum Gasteiger partial charge on any atom is -0.481 e. The molecule has 0 aromatic rings. The molecule has 4 fully saturated rings. The topological polar surface area (TPSA) is 74.6 Å². The van der Waals surface area contributed by atoms with Crippen LogP contribution in [-0.4, -0.2) is 22.2 Å². The Kier molecular flexibility index (Phi) is 2.47. The molecule has 116 valence electrons. The molecule has 0 aliphatic heterocycles. The summed E-state index contributed by atoms with van der Waals surface area (Å²) in [5.74, 6) is -1.27. The summed E-state index contributed by atoms with van der Waals surface area (Å²) >= 11 is 0. The van der Waals surface area contributed by atoms with E-state index >= 15 is 0 Å². The summed E-state index contributed by atoms with van der Waals surface area (Å²) in [7, 11) is 0. The van der Waals surface area contributed by atoms with Crippen molar-refractivity contribution in [1.29, 1.82) is 0 Å². The first-order chi connectivity index (χ1) is 9.94. The van der Waals surface area contributed by atoms with Gasteiger partial charge in [0.1, 0.15) is 0 Å². The van der Waals surface area contributed by atoms with E-state index in [0.717, 1.165) is 38.5 Å². The van der Waals surface area contributed by atoms with Gasteiger partial charge in [0.05, 0.1) is 5.41 Å². The zero-order valence-electron chi connectivity index (χ0n) is 12.5. The Morgan fingerprint density at radius 2 is 1.38 bits per heavy atom. The van der Waals surface area contributed by atoms with Crippen molar-refractivity contribution in [2.75, 3.05) is 0 Å². The lowest BCUT2D eigenvalue weighted by Gasteiger charge is -2.39. The van der Waals surface area contributed by atoms with Gasteiger partial charge < -0.3 is 10.2 Å². The van der Waals surface area contributed by atoms with Gasteiger partial charge in [0.2, 0.25) is 0 Å². The van der Waals surface area contributed by atoms with Gasteiger partial charge in [-0.25, -0.2) is 0 Å². The van der Waals surface area contributed by atoms with Crippen LogP contribution < -0.4 is 0 Å². The third kappa shape index (κ3) is 1.56. The molecule has 2 N–H and O–H groups in total. The lowest BCUT2D eigenvalue weighted by atomic mass is 9.64. The molecule has 0 aromatic heterocycles. The average Bonchev–Trinajstić information content (AvgIpc) is 3.28. The third-order valence-electron chi connectivity index (χ3n) is 7.41. The van der Waals surface area contributed by atoms with Crippen molar-refractivity contribution in [3.05, 3.63) is 0 Å². The van der Waals surface area contributed by atoms with Crippen LogP contribution >= 0.6 is 0 Å². The Labute approximate surface area is 124 Å². The number of hydrogen-bond acceptors (Lipinski definition) is 2. The van der Waals surface area contributed by atoms with E-state index in [1.807, 2.05) is 0 Å². The van der Waals surface area contributed by atoms with Crippen molar-refractivity contribution in [2.24, 2.45) is 21.7 Å². The molecular formula is C17H24O4. The van der Waals surface area contributed by atoms with Gasteiger partial charge in [0, 0.05) is 6.42 Å². The molecule has 4 saturated carbocycles. The largest absolute Gasteiger partial charge is 0.481 e. The SMILES string of the molecule is O=C(O)CCCC1(C2(C3(C4(C(=O)O)CC4)CC3)CC2)CC1. The van der Waals surface area contributed by atoms with E-state index in [4.69, 9.17) is 5.11 Å². The van der Waals surface area contributed by atoms with Crippen LogP contribution in [0, 0.1) is 21.7 Å². The van der Waals surface area contributed by atoms with Crippen molar-refractivity contribution in [1.82, 2.24) is 0 Å². The van der Waals surface area contributed by atoms with Gasteiger partial charge in [-0.05, 0) is 80.5 Å². The molecule has 0 saturated heterocycles. The van der Waals surface area contributed by atoms with Crippen LogP contribution in [0.25, 0.3) is 0 Å². The Bertz CT molecular complexity index is 505. The second kappa shape index (κ2) is 3.82. The molecule has 4 heteroatoms. The number of hydrogen-bond donors (Lipinski definition) is 2. The molecule has 0 radical (unpaired) electrons. The minimum atomic E-state index is -0.707. The summed E-state index contributed by atoms with van der Waals surface area (Å²) < 4.78 is 0. The second-order valence-corrected chi connectivity index (χ2v) is 8.08. The predicted octanol–water partition coefficient (Wildman–Crippen LogP) is 3.45. The number of carboxylic acids is 2. The molecule has 4 aliphatic rings. The quantitative estimate of drug-likeness (QED) is 0.718. The average molecular weight is 292 g/mol. The van der Waals surface area contributed by atoms with Crippen molar-refractivity contribution < 1.29 is 19.8 Å². The van der Waals surface area contributed by atoms with Gasteiger partial charge in [-0.1, -0.05) is 0 Å². The van der Waals surface area contributed by atoms with Crippen molar-refractivity contribution in [3.63, 3.8) is 0 Å². The Morgan fingerprint density at radius 3 is 1.71 bits per heavy atom. The number of aliphatic carboxylic acids is 2. The molecule has 0 unspecified atom stereocenters. The van der Waals surface area contributed by atoms with Crippen LogP contribution in [-0.2, 0) is 9.59 Å². The maximum absolute atomic E-state index is 11.8. The maximum Gasteiger partial charge on any atom is 0.310 e. The molecule has 4 nitrogen and oxygen atoms in total. The lowest BCUT2D eigenvalue weighted by molar-refractivity contribution is -0.149. The summed E-state index contributed by atoms with van der Waals surface area (Å²) in [5, 5.41) is 18.6. The summed E-state index contributed by atoms with van der Waals surface area (Å²) in [6, 6.07) is 0. The molecule has 4 aliphatic carbocycles. The predicted molar refractivity (Wildman–Crippen MR) is 75.8 cm³/mol. The molecule has 0 bridgehead atoms. The fourth-order valence-corrected chi connectivity index (χ4v) is 5.90. The van der Waals surface area contributed by atoms with Crippen LogP contribution in [0.3, 0.4) is 0 Å². The first-order valence-electron chi connectivity index (χ1n) is 8.39. The van der Waals surface area contributed by atoms with Gasteiger partial charge in [0.25, 0.3) is 0 Å². The Morgan fingerprint density at radius 1 is 0.810 bits per heavy atom. The monoisotopic (exact) mass is 292 g/mol. The molecule has 0 aromatic carbocycles. The molecule has 0 spiro atoms. The van der Waals surface area contributed by atoms with E-state index in [2.05, 4.69) is 0 Å². The van der Waals surface area contributed by atoms with Gasteiger partial charge in [-0.2, -0.15) is 0 Å². The summed E-state index contributed by atoms with van der Waals surface area (Å²) in [4.78, 5) is 22.6. The third-order valence-corrected chi connectivity index (χ3v) is 7.41. The summed E-state index contributed by atoms with van der Waals surface area (Å²) in [6.07, 6.45) is 10.7. The number of rotatable bonds is 8. The molecule has 21 heavy (non-hydrogen) atoms. The van der Waals surface area contributed by atoms with Gasteiger partial charge >= 0.3 is 11.9 Å². The van der Waals surface area contributed by atoms with E-state index in [9.17, 15) is 14.7 Å². The summed E-state index contributed by atoms with van der Waals surface area (Å²) in [5.41, 5.74) is 0.217. The highest BCUT2D eigenvalue weighted by Crippen LogP contribution is 2.90. The van der Waals surface area contributed by atoms with Crippen LogP contribution in [0.2, 0.25) is 0 Å². The highest BCUT2D eigenvalue weighted by Gasteiger charge is 2.84. The van der Waals surface area contributed by atoms with E-state index in [1.165, 1.54) is 25.7 Å². The first-order valence-corrected chi connectivity index (χ1v) is 8.39. The van der Waals surface area contributed by atoms with E-state index in [-0.39, 0.29) is 17.3 Å². The smallest absolute Gasteiger partial charge is 0.310 e. The van der Waals surface area contributed by atoms with Crippen LogP contribution in [0.1, 0.15) is 70.6 Å². The van der Waals surface area contributed by atoms with Crippen molar-refractivity contribution in [3.8, 4) is 0 Å².